The highest BCUT2D eigenvalue weighted by atomic mass is 15.2. The third-order valence-corrected chi connectivity index (χ3v) is 9.30. The lowest BCUT2D eigenvalue weighted by Gasteiger charge is -2.31. The molecule has 2 heteroatoms. The van der Waals surface area contributed by atoms with E-state index in [1.54, 1.807) is 0 Å². The average Bonchev–Trinajstić information content (AvgIpc) is 3.07. The first-order valence-electron chi connectivity index (χ1n) is 16.0. The van der Waals surface area contributed by atoms with Gasteiger partial charge in [-0.05, 0) is 109 Å². The Labute approximate surface area is 271 Å². The summed E-state index contributed by atoms with van der Waals surface area (Å²) in [5, 5.41) is 7.57. The molecule has 0 N–H and O–H groups in total. The number of hydrogen-bond donors (Lipinski definition) is 0. The maximum atomic E-state index is 2.44. The van der Waals surface area contributed by atoms with Gasteiger partial charge in [0, 0.05) is 33.5 Å². The van der Waals surface area contributed by atoms with Crippen LogP contribution in [-0.2, 0) is 0 Å². The van der Waals surface area contributed by atoms with Gasteiger partial charge in [0.15, 0.2) is 0 Å². The van der Waals surface area contributed by atoms with Crippen molar-refractivity contribution in [3.63, 3.8) is 0 Å². The van der Waals surface area contributed by atoms with Crippen molar-refractivity contribution >= 4 is 66.4 Å². The van der Waals surface area contributed by atoms with Gasteiger partial charge in [0.25, 0.3) is 0 Å². The lowest BCUT2D eigenvalue weighted by Crippen LogP contribution is -2.13. The molecule has 8 rings (SSSR count). The zero-order valence-corrected chi connectivity index (χ0v) is 26.8. The van der Waals surface area contributed by atoms with E-state index in [4.69, 9.17) is 0 Å². The molecular formula is C44H36N2. The average molecular weight is 593 g/mol. The number of benzene rings is 8. The summed E-state index contributed by atoms with van der Waals surface area (Å²) >= 11 is 0. The molecule has 0 unspecified atom stereocenters. The van der Waals surface area contributed by atoms with Crippen LogP contribution in [-0.4, -0.2) is 0 Å². The van der Waals surface area contributed by atoms with E-state index in [0.29, 0.717) is 0 Å². The number of hydrogen-bond acceptors (Lipinski definition) is 2. The van der Waals surface area contributed by atoms with E-state index in [2.05, 4.69) is 183 Å². The third kappa shape index (κ3) is 4.57. The number of anilines is 6. The van der Waals surface area contributed by atoms with Crippen LogP contribution in [0.15, 0.2) is 146 Å². The fraction of sp³-hybridized carbons (Fsp3) is 0.0909. The van der Waals surface area contributed by atoms with E-state index in [9.17, 15) is 0 Å². The predicted molar refractivity (Wildman–Crippen MR) is 198 cm³/mol. The van der Waals surface area contributed by atoms with Gasteiger partial charge >= 0.3 is 0 Å². The topological polar surface area (TPSA) is 6.48 Å². The van der Waals surface area contributed by atoms with Crippen LogP contribution >= 0.6 is 0 Å². The van der Waals surface area contributed by atoms with E-state index in [-0.39, 0.29) is 0 Å². The molecule has 0 spiro atoms. The van der Waals surface area contributed by atoms with Crippen LogP contribution in [0.3, 0.4) is 0 Å². The summed E-state index contributed by atoms with van der Waals surface area (Å²) < 4.78 is 0. The smallest absolute Gasteiger partial charge is 0.0546 e. The quantitative estimate of drug-likeness (QED) is 0.177. The van der Waals surface area contributed by atoms with E-state index in [1.165, 1.54) is 77.3 Å². The van der Waals surface area contributed by atoms with Crippen molar-refractivity contribution in [2.45, 2.75) is 27.7 Å². The number of nitrogens with zero attached hydrogens (tertiary/aromatic N) is 2. The Morgan fingerprint density at radius 2 is 0.848 bits per heavy atom. The number of aryl methyl sites for hydroxylation is 4. The molecule has 0 aliphatic rings. The molecular weight excluding hydrogens is 556 g/mol. The van der Waals surface area contributed by atoms with E-state index in [0.717, 1.165) is 11.4 Å². The molecule has 0 saturated carbocycles. The zero-order valence-electron chi connectivity index (χ0n) is 26.8. The number of para-hydroxylation sites is 2. The van der Waals surface area contributed by atoms with Crippen LogP contribution in [0.25, 0.3) is 32.3 Å². The predicted octanol–water partition coefficient (Wildman–Crippen LogP) is 12.8. The minimum atomic E-state index is 1.15. The van der Waals surface area contributed by atoms with Crippen LogP contribution < -0.4 is 9.80 Å². The lowest BCUT2D eigenvalue weighted by atomic mass is 9.91. The summed E-state index contributed by atoms with van der Waals surface area (Å²) in [5.74, 6) is 0. The molecule has 0 heterocycles. The van der Waals surface area contributed by atoms with Gasteiger partial charge in [-0.15, -0.1) is 0 Å². The van der Waals surface area contributed by atoms with Crippen molar-refractivity contribution in [1.29, 1.82) is 0 Å². The molecule has 0 fully saturated rings. The van der Waals surface area contributed by atoms with E-state index < -0.39 is 0 Å². The van der Waals surface area contributed by atoms with Crippen molar-refractivity contribution in [2.24, 2.45) is 0 Å². The highest BCUT2D eigenvalue weighted by Crippen LogP contribution is 2.49. The lowest BCUT2D eigenvalue weighted by molar-refractivity contribution is 1.25. The first kappa shape index (κ1) is 27.9. The van der Waals surface area contributed by atoms with Crippen molar-refractivity contribution in [3.05, 3.63) is 168 Å². The van der Waals surface area contributed by atoms with Gasteiger partial charge in [0.1, 0.15) is 0 Å². The Morgan fingerprint density at radius 3 is 1.43 bits per heavy atom. The minimum absolute atomic E-state index is 1.15. The normalized spacial score (nSPS) is 11.5. The Morgan fingerprint density at radius 1 is 0.348 bits per heavy atom. The van der Waals surface area contributed by atoms with Crippen molar-refractivity contribution in [2.75, 3.05) is 9.80 Å². The fourth-order valence-electron chi connectivity index (χ4n) is 7.26. The summed E-state index contributed by atoms with van der Waals surface area (Å²) in [7, 11) is 0. The van der Waals surface area contributed by atoms with Gasteiger partial charge in [-0.3, -0.25) is 0 Å². The molecule has 0 aliphatic heterocycles. The highest BCUT2D eigenvalue weighted by Gasteiger charge is 2.23. The SMILES string of the molecule is Cc1ccc(N(c2ccccc2)c2cc3ccc(N(c4ccccc4)c4ccc(C)cc4C)c4ccc5cccc2c5c34)c(C)c1. The standard InChI is InChI=1S/C44H36N2/c1-29-18-23-39(31(3)26-29)45(35-13-7-5-8-14-35)41-25-21-34-28-42(37-17-11-12-33-20-22-38(41)44(34)43(33)37)46(36-15-9-6-10-16-36)40-24-19-30(2)27-32(40)4/h5-28H,1-4H3. The number of rotatable bonds is 6. The first-order chi connectivity index (χ1) is 22.5. The van der Waals surface area contributed by atoms with Gasteiger partial charge < -0.3 is 9.80 Å². The fourth-order valence-corrected chi connectivity index (χ4v) is 7.26. The molecule has 0 bridgehead atoms. The minimum Gasteiger partial charge on any atom is -0.310 e. The Hall–Kier alpha value is -5.60. The largest absolute Gasteiger partial charge is 0.310 e. The third-order valence-electron chi connectivity index (χ3n) is 9.30. The molecule has 0 aliphatic carbocycles. The van der Waals surface area contributed by atoms with Crippen LogP contribution in [0.2, 0.25) is 0 Å². The molecule has 8 aromatic carbocycles. The van der Waals surface area contributed by atoms with E-state index >= 15 is 0 Å². The maximum absolute atomic E-state index is 2.44. The van der Waals surface area contributed by atoms with Crippen molar-refractivity contribution in [1.82, 2.24) is 0 Å². The Bertz CT molecular complexity index is 2350. The summed E-state index contributed by atoms with van der Waals surface area (Å²) in [4.78, 5) is 4.86. The highest BCUT2D eigenvalue weighted by molar-refractivity contribution is 6.29. The molecule has 0 radical (unpaired) electrons. The van der Waals surface area contributed by atoms with Gasteiger partial charge in [0.2, 0.25) is 0 Å². The Kier molecular flexibility index (Phi) is 6.73. The van der Waals surface area contributed by atoms with Crippen LogP contribution in [0.4, 0.5) is 34.1 Å². The maximum Gasteiger partial charge on any atom is 0.0546 e. The molecule has 0 aromatic heterocycles. The van der Waals surface area contributed by atoms with Gasteiger partial charge in [0.05, 0.1) is 11.4 Å². The molecule has 2 nitrogen and oxygen atoms in total. The second-order valence-electron chi connectivity index (χ2n) is 12.5. The second kappa shape index (κ2) is 11.1. The summed E-state index contributed by atoms with van der Waals surface area (Å²) in [5.41, 5.74) is 12.1. The van der Waals surface area contributed by atoms with Crippen LogP contribution in [0.1, 0.15) is 22.3 Å². The van der Waals surface area contributed by atoms with Crippen molar-refractivity contribution < 1.29 is 0 Å². The van der Waals surface area contributed by atoms with Gasteiger partial charge in [-0.25, -0.2) is 0 Å². The molecule has 222 valence electrons. The molecule has 0 atom stereocenters. The molecule has 46 heavy (non-hydrogen) atoms. The first-order valence-corrected chi connectivity index (χ1v) is 16.0. The summed E-state index contributed by atoms with van der Waals surface area (Å²) in [6.07, 6.45) is 0. The Balaban J connectivity index is 1.44. The zero-order chi connectivity index (χ0) is 31.4. The van der Waals surface area contributed by atoms with Gasteiger partial charge in [-0.2, -0.15) is 0 Å². The summed E-state index contributed by atoms with van der Waals surface area (Å²) in [6.45, 7) is 8.75. The van der Waals surface area contributed by atoms with Gasteiger partial charge in [-0.1, -0.05) is 108 Å². The van der Waals surface area contributed by atoms with E-state index in [1.807, 2.05) is 0 Å². The van der Waals surface area contributed by atoms with Crippen molar-refractivity contribution in [3.8, 4) is 0 Å². The second-order valence-corrected chi connectivity index (χ2v) is 12.5. The molecule has 0 saturated heterocycles. The van der Waals surface area contributed by atoms with Crippen LogP contribution in [0, 0.1) is 27.7 Å². The van der Waals surface area contributed by atoms with Crippen LogP contribution in [0.5, 0.6) is 0 Å². The molecule has 8 aromatic rings. The monoisotopic (exact) mass is 592 g/mol. The summed E-state index contributed by atoms with van der Waals surface area (Å²) in [6, 6.07) is 53.4. The molecule has 0 amide bonds.